The van der Waals surface area contributed by atoms with Crippen LogP contribution in [0.2, 0.25) is 0 Å². The average molecular weight is 293 g/mol. The molecule has 6 nitrogen and oxygen atoms in total. The van der Waals surface area contributed by atoms with Gasteiger partial charge in [-0.15, -0.1) is 0 Å². The number of carbonyl (C=O) groups is 1. The number of hydrogen-bond donors (Lipinski definition) is 1. The monoisotopic (exact) mass is 293 g/mol. The number of hydrogen-bond acceptors (Lipinski definition) is 5. The van der Waals surface area contributed by atoms with Crippen LogP contribution < -0.4 is 0 Å². The Morgan fingerprint density at radius 3 is 3.00 bits per heavy atom. The van der Waals surface area contributed by atoms with E-state index >= 15 is 0 Å². The summed E-state index contributed by atoms with van der Waals surface area (Å²) in [6.07, 6.45) is 4.83. The lowest BCUT2D eigenvalue weighted by molar-refractivity contribution is -0.138. The van der Waals surface area contributed by atoms with Gasteiger partial charge in [-0.3, -0.25) is 9.69 Å². The van der Waals surface area contributed by atoms with E-state index in [4.69, 9.17) is 9.63 Å². The third-order valence-corrected chi connectivity index (χ3v) is 4.63. The van der Waals surface area contributed by atoms with Crippen LogP contribution in [0.4, 0.5) is 0 Å². The fraction of sp³-hybridized carbons (Fsp3) is 0.800. The van der Waals surface area contributed by atoms with Gasteiger partial charge in [0.1, 0.15) is 0 Å². The van der Waals surface area contributed by atoms with Crippen molar-refractivity contribution in [1.82, 2.24) is 15.0 Å². The largest absolute Gasteiger partial charge is 0.481 e. The molecular formula is C15H23N3O3. The van der Waals surface area contributed by atoms with Crippen LogP contribution in [-0.4, -0.2) is 39.2 Å². The molecule has 0 bridgehead atoms. The van der Waals surface area contributed by atoms with Crippen LogP contribution >= 0.6 is 0 Å². The molecule has 0 spiro atoms. The lowest BCUT2D eigenvalue weighted by Crippen LogP contribution is -2.37. The maximum Gasteiger partial charge on any atom is 0.303 e. The van der Waals surface area contributed by atoms with E-state index in [2.05, 4.69) is 15.0 Å². The predicted molar refractivity (Wildman–Crippen MR) is 75.7 cm³/mol. The molecule has 0 amide bonds. The van der Waals surface area contributed by atoms with Crippen molar-refractivity contribution in [2.24, 2.45) is 11.8 Å². The molecule has 1 N–H and O–H groups in total. The molecule has 2 aliphatic rings. The van der Waals surface area contributed by atoms with Gasteiger partial charge in [0, 0.05) is 18.9 Å². The molecule has 0 aromatic carbocycles. The van der Waals surface area contributed by atoms with Crippen LogP contribution in [0.25, 0.3) is 0 Å². The number of nitrogens with zero attached hydrogens (tertiary/aromatic N) is 3. The molecule has 2 unspecified atom stereocenters. The minimum atomic E-state index is -0.703. The van der Waals surface area contributed by atoms with Crippen molar-refractivity contribution in [3.05, 3.63) is 11.7 Å². The summed E-state index contributed by atoms with van der Waals surface area (Å²) in [5.41, 5.74) is 0. The van der Waals surface area contributed by atoms with Gasteiger partial charge in [0.15, 0.2) is 5.82 Å². The topological polar surface area (TPSA) is 79.5 Å². The number of likely N-dealkylation sites (tertiary alicyclic amines) is 1. The normalized spacial score (nSPS) is 24.9. The second kappa shape index (κ2) is 6.13. The third-order valence-electron chi connectivity index (χ3n) is 4.63. The van der Waals surface area contributed by atoms with Gasteiger partial charge in [-0.2, -0.15) is 4.98 Å². The Bertz CT molecular complexity index is 498. The highest BCUT2D eigenvalue weighted by Gasteiger charge is 2.30. The Balaban J connectivity index is 1.53. The number of carboxylic acids is 1. The second-order valence-corrected chi connectivity index (χ2v) is 6.53. The average Bonchev–Trinajstić information content (AvgIpc) is 3.19. The zero-order chi connectivity index (χ0) is 14.8. The molecule has 1 aliphatic carbocycles. The molecule has 6 heteroatoms. The highest BCUT2D eigenvalue weighted by molar-refractivity contribution is 5.67. The lowest BCUT2D eigenvalue weighted by atomic mass is 9.85. The van der Waals surface area contributed by atoms with Crippen LogP contribution in [0.15, 0.2) is 4.52 Å². The smallest absolute Gasteiger partial charge is 0.303 e. The molecule has 2 fully saturated rings. The summed E-state index contributed by atoms with van der Waals surface area (Å²) in [6.45, 7) is 4.68. The standard InChI is InChI=1S/C15H23N3O3/c1-10(7-14(19)20)12-3-2-6-18(8-12)9-13-16-15(17-21-13)11-4-5-11/h10-12H,2-9H2,1H3,(H,19,20). The minimum Gasteiger partial charge on any atom is -0.481 e. The molecular weight excluding hydrogens is 270 g/mol. The summed E-state index contributed by atoms with van der Waals surface area (Å²) in [6, 6.07) is 0. The fourth-order valence-corrected chi connectivity index (χ4v) is 3.17. The van der Waals surface area contributed by atoms with E-state index in [1.165, 1.54) is 12.8 Å². The van der Waals surface area contributed by atoms with E-state index in [9.17, 15) is 4.79 Å². The summed E-state index contributed by atoms with van der Waals surface area (Å²) < 4.78 is 5.33. The van der Waals surface area contributed by atoms with Gasteiger partial charge in [-0.1, -0.05) is 12.1 Å². The zero-order valence-electron chi connectivity index (χ0n) is 12.5. The lowest BCUT2D eigenvalue weighted by Gasteiger charge is -2.34. The Labute approximate surface area is 124 Å². The van der Waals surface area contributed by atoms with Gasteiger partial charge in [0.25, 0.3) is 0 Å². The number of rotatable bonds is 6. The van der Waals surface area contributed by atoms with Crippen LogP contribution in [0.3, 0.4) is 0 Å². The first-order valence-electron chi connectivity index (χ1n) is 7.88. The molecule has 3 rings (SSSR count). The maximum atomic E-state index is 10.9. The van der Waals surface area contributed by atoms with Gasteiger partial charge in [-0.25, -0.2) is 0 Å². The number of aliphatic carboxylic acids is 1. The molecule has 0 radical (unpaired) electrons. The Kier molecular flexibility index (Phi) is 4.24. The van der Waals surface area contributed by atoms with Crippen molar-refractivity contribution in [3.63, 3.8) is 0 Å². The molecule has 21 heavy (non-hydrogen) atoms. The van der Waals surface area contributed by atoms with Gasteiger partial charge in [-0.05, 0) is 44.1 Å². The van der Waals surface area contributed by atoms with Crippen molar-refractivity contribution in [1.29, 1.82) is 0 Å². The molecule has 1 saturated heterocycles. The van der Waals surface area contributed by atoms with Crippen molar-refractivity contribution >= 4 is 5.97 Å². The maximum absolute atomic E-state index is 10.9. The molecule has 1 aromatic rings. The molecule has 1 aromatic heterocycles. The Hall–Kier alpha value is -1.43. The van der Waals surface area contributed by atoms with Gasteiger partial charge >= 0.3 is 5.97 Å². The highest BCUT2D eigenvalue weighted by Crippen LogP contribution is 2.38. The summed E-state index contributed by atoms with van der Waals surface area (Å²) in [5.74, 6) is 2.04. The zero-order valence-corrected chi connectivity index (χ0v) is 12.5. The molecule has 1 aliphatic heterocycles. The van der Waals surface area contributed by atoms with Crippen molar-refractivity contribution in [2.45, 2.75) is 51.5 Å². The third kappa shape index (κ3) is 3.81. The van der Waals surface area contributed by atoms with E-state index in [0.717, 1.165) is 31.8 Å². The first-order chi connectivity index (χ1) is 10.1. The number of aromatic nitrogens is 2. The number of carboxylic acid groups (broad SMARTS) is 1. The first kappa shape index (κ1) is 14.5. The molecule has 116 valence electrons. The van der Waals surface area contributed by atoms with E-state index in [1.54, 1.807) is 0 Å². The van der Waals surface area contributed by atoms with E-state index < -0.39 is 5.97 Å². The SMILES string of the molecule is CC(CC(=O)O)C1CCCN(Cc2nc(C3CC3)no2)C1. The Morgan fingerprint density at radius 1 is 1.48 bits per heavy atom. The highest BCUT2D eigenvalue weighted by atomic mass is 16.5. The summed E-state index contributed by atoms with van der Waals surface area (Å²) in [5, 5.41) is 13.0. The van der Waals surface area contributed by atoms with E-state index in [0.29, 0.717) is 24.3 Å². The van der Waals surface area contributed by atoms with Crippen molar-refractivity contribution in [2.75, 3.05) is 13.1 Å². The van der Waals surface area contributed by atoms with Crippen molar-refractivity contribution in [3.8, 4) is 0 Å². The van der Waals surface area contributed by atoms with Gasteiger partial charge in [0.2, 0.25) is 5.89 Å². The minimum absolute atomic E-state index is 0.218. The predicted octanol–water partition coefficient (Wildman–Crippen LogP) is 2.27. The van der Waals surface area contributed by atoms with Crippen LogP contribution in [0.5, 0.6) is 0 Å². The Morgan fingerprint density at radius 2 is 2.29 bits per heavy atom. The summed E-state index contributed by atoms with van der Waals surface area (Å²) >= 11 is 0. The van der Waals surface area contributed by atoms with Crippen LogP contribution in [0.1, 0.15) is 56.7 Å². The van der Waals surface area contributed by atoms with Crippen molar-refractivity contribution < 1.29 is 14.4 Å². The summed E-state index contributed by atoms with van der Waals surface area (Å²) in [4.78, 5) is 17.6. The second-order valence-electron chi connectivity index (χ2n) is 6.53. The fourth-order valence-electron chi connectivity index (χ4n) is 3.17. The van der Waals surface area contributed by atoms with Crippen LogP contribution in [0, 0.1) is 11.8 Å². The first-order valence-corrected chi connectivity index (χ1v) is 7.88. The van der Waals surface area contributed by atoms with Gasteiger partial charge < -0.3 is 9.63 Å². The molecule has 2 heterocycles. The quantitative estimate of drug-likeness (QED) is 0.866. The van der Waals surface area contributed by atoms with Gasteiger partial charge in [0.05, 0.1) is 6.54 Å². The molecule has 1 saturated carbocycles. The molecule has 2 atom stereocenters. The van der Waals surface area contributed by atoms with Crippen LogP contribution in [-0.2, 0) is 11.3 Å². The van der Waals surface area contributed by atoms with E-state index in [1.807, 2.05) is 6.92 Å². The summed E-state index contributed by atoms with van der Waals surface area (Å²) in [7, 11) is 0. The number of piperidine rings is 1. The van der Waals surface area contributed by atoms with E-state index in [-0.39, 0.29) is 12.3 Å².